The van der Waals surface area contributed by atoms with Crippen molar-refractivity contribution >= 4 is 21.8 Å². The molecule has 0 aliphatic carbocycles. The molecular weight excluding hydrogens is 256 g/mol. The highest BCUT2D eigenvalue weighted by atomic mass is 15.0. The van der Waals surface area contributed by atoms with Crippen LogP contribution in [0.1, 0.15) is 26.8 Å². The van der Waals surface area contributed by atoms with Crippen molar-refractivity contribution in [2.75, 3.05) is 6.54 Å². The molecule has 0 spiro atoms. The van der Waals surface area contributed by atoms with E-state index in [1.54, 1.807) is 0 Å². The fourth-order valence-electron chi connectivity index (χ4n) is 3.62. The zero-order valence-corrected chi connectivity index (χ0v) is 13.1. The van der Waals surface area contributed by atoms with E-state index in [1.165, 1.54) is 21.8 Å². The standard InChI is InChI=1S/C19H24N2/c1-13(2)19(14(3)12-20)21-17-10-6-4-8-15(17)16-9-5-7-11-18(16)21/h4-11,13-14,19H,12,20H2,1-3H3. The van der Waals surface area contributed by atoms with E-state index in [2.05, 4.69) is 73.9 Å². The van der Waals surface area contributed by atoms with E-state index >= 15 is 0 Å². The molecule has 2 atom stereocenters. The minimum Gasteiger partial charge on any atom is -0.337 e. The van der Waals surface area contributed by atoms with Crippen molar-refractivity contribution in [2.24, 2.45) is 17.6 Å². The Morgan fingerprint density at radius 2 is 1.33 bits per heavy atom. The van der Waals surface area contributed by atoms with Crippen LogP contribution in [-0.4, -0.2) is 11.1 Å². The van der Waals surface area contributed by atoms with Crippen LogP contribution < -0.4 is 5.73 Å². The van der Waals surface area contributed by atoms with Gasteiger partial charge in [0.2, 0.25) is 0 Å². The van der Waals surface area contributed by atoms with Gasteiger partial charge < -0.3 is 10.3 Å². The highest BCUT2D eigenvalue weighted by Crippen LogP contribution is 2.37. The summed E-state index contributed by atoms with van der Waals surface area (Å²) in [5.74, 6) is 0.993. The Morgan fingerprint density at radius 1 is 0.857 bits per heavy atom. The first kappa shape index (κ1) is 14.2. The number of benzene rings is 2. The predicted octanol–water partition coefficient (Wildman–Crippen LogP) is 4.59. The SMILES string of the molecule is CC(C)C(C(C)CN)n1c2ccccc2c2ccccc21. The van der Waals surface area contributed by atoms with Crippen LogP contribution in [-0.2, 0) is 0 Å². The van der Waals surface area contributed by atoms with Crippen LogP contribution in [0, 0.1) is 11.8 Å². The predicted molar refractivity (Wildman–Crippen MR) is 91.5 cm³/mol. The van der Waals surface area contributed by atoms with Crippen molar-refractivity contribution in [1.82, 2.24) is 4.57 Å². The summed E-state index contributed by atoms with van der Waals surface area (Å²) in [6, 6.07) is 17.8. The highest BCUT2D eigenvalue weighted by molar-refractivity contribution is 6.08. The third kappa shape index (κ3) is 2.24. The molecule has 2 unspecified atom stereocenters. The summed E-state index contributed by atoms with van der Waals surface area (Å²) < 4.78 is 2.51. The van der Waals surface area contributed by atoms with Crippen molar-refractivity contribution < 1.29 is 0 Å². The Bertz CT molecular complexity index is 701. The second-order valence-electron chi connectivity index (χ2n) is 6.35. The number of nitrogens with two attached hydrogens (primary N) is 1. The molecule has 0 bridgehead atoms. The quantitative estimate of drug-likeness (QED) is 0.744. The van der Waals surface area contributed by atoms with Crippen LogP contribution in [0.5, 0.6) is 0 Å². The molecule has 21 heavy (non-hydrogen) atoms. The van der Waals surface area contributed by atoms with Gasteiger partial charge in [-0.3, -0.25) is 0 Å². The first-order chi connectivity index (χ1) is 10.1. The molecule has 3 aromatic rings. The Kier molecular flexibility index (Phi) is 3.73. The molecule has 0 amide bonds. The summed E-state index contributed by atoms with van der Waals surface area (Å²) in [5.41, 5.74) is 8.63. The molecule has 3 rings (SSSR count). The number of aromatic nitrogens is 1. The maximum Gasteiger partial charge on any atom is 0.0494 e. The van der Waals surface area contributed by atoms with Gasteiger partial charge in [-0.1, -0.05) is 57.2 Å². The van der Waals surface area contributed by atoms with Crippen LogP contribution in [0.3, 0.4) is 0 Å². The van der Waals surface area contributed by atoms with Crippen LogP contribution in [0.4, 0.5) is 0 Å². The van der Waals surface area contributed by atoms with Gasteiger partial charge in [0, 0.05) is 27.8 Å². The average Bonchev–Trinajstić information content (AvgIpc) is 2.82. The monoisotopic (exact) mass is 280 g/mol. The van der Waals surface area contributed by atoms with Crippen molar-refractivity contribution in [2.45, 2.75) is 26.8 Å². The van der Waals surface area contributed by atoms with Gasteiger partial charge in [-0.05, 0) is 30.5 Å². The number of hydrogen-bond acceptors (Lipinski definition) is 1. The molecular formula is C19H24N2. The Balaban J connectivity index is 2.37. The number of nitrogens with zero attached hydrogens (tertiary/aromatic N) is 1. The smallest absolute Gasteiger partial charge is 0.0494 e. The van der Waals surface area contributed by atoms with Crippen molar-refractivity contribution in [1.29, 1.82) is 0 Å². The highest BCUT2D eigenvalue weighted by Gasteiger charge is 2.25. The number of para-hydroxylation sites is 2. The van der Waals surface area contributed by atoms with E-state index in [0.29, 0.717) is 24.4 Å². The van der Waals surface area contributed by atoms with E-state index < -0.39 is 0 Å². The Morgan fingerprint density at radius 3 is 1.76 bits per heavy atom. The van der Waals surface area contributed by atoms with Crippen LogP contribution in [0.2, 0.25) is 0 Å². The lowest BCUT2D eigenvalue weighted by Crippen LogP contribution is -2.27. The Hall–Kier alpha value is -1.80. The van der Waals surface area contributed by atoms with Gasteiger partial charge in [0.05, 0.1) is 0 Å². The van der Waals surface area contributed by atoms with E-state index in [1.807, 2.05) is 0 Å². The van der Waals surface area contributed by atoms with Gasteiger partial charge >= 0.3 is 0 Å². The second kappa shape index (κ2) is 5.53. The summed E-state index contributed by atoms with van der Waals surface area (Å²) in [6.45, 7) is 7.55. The van der Waals surface area contributed by atoms with Gasteiger partial charge in [-0.2, -0.15) is 0 Å². The maximum absolute atomic E-state index is 5.99. The van der Waals surface area contributed by atoms with Gasteiger partial charge in [0.15, 0.2) is 0 Å². The van der Waals surface area contributed by atoms with Gasteiger partial charge in [-0.25, -0.2) is 0 Å². The molecule has 2 heteroatoms. The minimum absolute atomic E-state index is 0.416. The number of hydrogen-bond donors (Lipinski definition) is 1. The molecule has 1 aromatic heterocycles. The third-order valence-electron chi connectivity index (χ3n) is 4.55. The molecule has 2 nitrogen and oxygen atoms in total. The topological polar surface area (TPSA) is 30.9 Å². The van der Waals surface area contributed by atoms with E-state index in [-0.39, 0.29) is 0 Å². The van der Waals surface area contributed by atoms with Crippen molar-refractivity contribution in [3.63, 3.8) is 0 Å². The summed E-state index contributed by atoms with van der Waals surface area (Å²) in [4.78, 5) is 0. The van der Waals surface area contributed by atoms with Gasteiger partial charge in [0.1, 0.15) is 0 Å². The fraction of sp³-hybridized carbons (Fsp3) is 0.368. The van der Waals surface area contributed by atoms with Gasteiger partial charge in [-0.15, -0.1) is 0 Å². The van der Waals surface area contributed by atoms with Crippen LogP contribution in [0.15, 0.2) is 48.5 Å². The first-order valence-corrected chi connectivity index (χ1v) is 7.83. The second-order valence-corrected chi connectivity index (χ2v) is 6.35. The molecule has 0 aliphatic heterocycles. The van der Waals surface area contributed by atoms with Crippen LogP contribution >= 0.6 is 0 Å². The molecule has 0 saturated heterocycles. The van der Waals surface area contributed by atoms with E-state index in [4.69, 9.17) is 5.73 Å². The van der Waals surface area contributed by atoms with Crippen LogP contribution in [0.25, 0.3) is 21.8 Å². The van der Waals surface area contributed by atoms with E-state index in [0.717, 1.165) is 0 Å². The summed E-state index contributed by atoms with van der Waals surface area (Å²) in [6.07, 6.45) is 0. The number of rotatable bonds is 4. The van der Waals surface area contributed by atoms with Gasteiger partial charge in [0.25, 0.3) is 0 Å². The zero-order chi connectivity index (χ0) is 15.0. The molecule has 2 N–H and O–H groups in total. The molecule has 2 aromatic carbocycles. The average molecular weight is 280 g/mol. The fourth-order valence-corrected chi connectivity index (χ4v) is 3.62. The molecule has 0 saturated carbocycles. The zero-order valence-electron chi connectivity index (χ0n) is 13.1. The molecule has 110 valence electrons. The Labute approximate surface area is 126 Å². The first-order valence-electron chi connectivity index (χ1n) is 7.83. The maximum atomic E-state index is 5.99. The summed E-state index contributed by atoms with van der Waals surface area (Å²) >= 11 is 0. The summed E-state index contributed by atoms with van der Waals surface area (Å²) in [5, 5.41) is 2.67. The summed E-state index contributed by atoms with van der Waals surface area (Å²) in [7, 11) is 0. The third-order valence-corrected chi connectivity index (χ3v) is 4.55. The molecule has 0 aliphatic rings. The van der Waals surface area contributed by atoms with E-state index in [9.17, 15) is 0 Å². The van der Waals surface area contributed by atoms with Crippen molar-refractivity contribution in [3.8, 4) is 0 Å². The molecule has 1 heterocycles. The lowest BCUT2D eigenvalue weighted by atomic mass is 9.91. The number of fused-ring (bicyclic) bond motifs is 3. The normalized spacial score (nSPS) is 14.9. The lowest BCUT2D eigenvalue weighted by molar-refractivity contribution is 0.289. The molecule has 0 radical (unpaired) electrons. The lowest BCUT2D eigenvalue weighted by Gasteiger charge is -2.30. The van der Waals surface area contributed by atoms with Crippen molar-refractivity contribution in [3.05, 3.63) is 48.5 Å². The molecule has 0 fully saturated rings. The minimum atomic E-state index is 0.416. The largest absolute Gasteiger partial charge is 0.337 e.